The lowest BCUT2D eigenvalue weighted by molar-refractivity contribution is -0.124. The van der Waals surface area contributed by atoms with Crippen molar-refractivity contribution < 1.29 is 14.3 Å². The Morgan fingerprint density at radius 1 is 1.40 bits per heavy atom. The molecule has 4 heteroatoms. The Morgan fingerprint density at radius 2 is 2.20 bits per heavy atom. The Balaban J connectivity index is 2.26. The van der Waals surface area contributed by atoms with Crippen molar-refractivity contribution in [3.63, 3.8) is 0 Å². The largest absolute Gasteiger partial charge is 0.384 e. The van der Waals surface area contributed by atoms with Crippen molar-refractivity contribution in [2.75, 3.05) is 47.1 Å². The fourth-order valence-electron chi connectivity index (χ4n) is 2.12. The van der Waals surface area contributed by atoms with Crippen molar-refractivity contribution in [3.8, 4) is 0 Å². The maximum Gasteiger partial charge on any atom is 0.172 e. The molecule has 0 aromatic heterocycles. The summed E-state index contributed by atoms with van der Waals surface area (Å²) in [5.41, 5.74) is 0. The minimum atomic E-state index is 0.163. The number of carbonyl (C=O) groups excluding carboxylic acids is 1. The van der Waals surface area contributed by atoms with Gasteiger partial charge in [0.2, 0.25) is 0 Å². The van der Waals surface area contributed by atoms with Gasteiger partial charge >= 0.3 is 0 Å². The van der Waals surface area contributed by atoms with Gasteiger partial charge in [-0.15, -0.1) is 0 Å². The molecule has 88 valence electrons. The fraction of sp³-hybridized carbons (Fsp3) is 0.909. The van der Waals surface area contributed by atoms with E-state index < -0.39 is 0 Å². The van der Waals surface area contributed by atoms with Crippen LogP contribution in [0.25, 0.3) is 0 Å². The molecule has 1 rings (SSSR count). The Morgan fingerprint density at radius 3 is 2.87 bits per heavy atom. The van der Waals surface area contributed by atoms with E-state index in [4.69, 9.17) is 9.47 Å². The lowest BCUT2D eigenvalue weighted by Gasteiger charge is -2.31. The molecule has 0 N–H and O–H groups in total. The van der Waals surface area contributed by atoms with Crippen LogP contribution in [-0.4, -0.2) is 57.8 Å². The summed E-state index contributed by atoms with van der Waals surface area (Å²) in [4.78, 5) is 13.6. The van der Waals surface area contributed by atoms with Gasteiger partial charge in [0.05, 0.1) is 13.2 Å². The molecular formula is C11H21NO3. The third-order valence-electron chi connectivity index (χ3n) is 2.71. The first-order chi connectivity index (χ1) is 7.26. The Hall–Kier alpha value is -0.450. The Labute approximate surface area is 91.5 Å². The van der Waals surface area contributed by atoms with Crippen LogP contribution >= 0.6 is 0 Å². The molecule has 1 aliphatic heterocycles. The third-order valence-corrected chi connectivity index (χ3v) is 2.71. The molecule has 1 heterocycles. The van der Waals surface area contributed by atoms with Gasteiger partial charge in [0, 0.05) is 20.8 Å². The molecule has 15 heavy (non-hydrogen) atoms. The van der Waals surface area contributed by atoms with Gasteiger partial charge < -0.3 is 9.47 Å². The highest BCUT2D eigenvalue weighted by Crippen LogP contribution is 2.16. The Kier molecular flexibility index (Phi) is 5.83. The summed E-state index contributed by atoms with van der Waals surface area (Å²) in [6, 6.07) is 0. The third kappa shape index (κ3) is 4.73. The molecule has 1 unspecified atom stereocenters. The first-order valence-electron chi connectivity index (χ1n) is 5.48. The number of likely N-dealkylation sites (tertiary alicyclic amines) is 1. The van der Waals surface area contributed by atoms with Gasteiger partial charge in [-0.1, -0.05) is 0 Å². The second kappa shape index (κ2) is 6.93. The molecule has 0 aliphatic carbocycles. The van der Waals surface area contributed by atoms with Gasteiger partial charge in [-0.3, -0.25) is 9.69 Å². The minimum Gasteiger partial charge on any atom is -0.384 e. The van der Waals surface area contributed by atoms with E-state index in [1.165, 1.54) is 6.42 Å². The zero-order valence-corrected chi connectivity index (χ0v) is 9.70. The predicted octanol–water partition coefficient (Wildman–Crippen LogP) is 0.560. The highest BCUT2D eigenvalue weighted by Gasteiger charge is 2.21. The zero-order chi connectivity index (χ0) is 11.1. The normalized spacial score (nSPS) is 22.9. The number of piperidine rings is 1. The molecule has 0 aromatic rings. The molecule has 1 fully saturated rings. The molecule has 0 aromatic carbocycles. The van der Waals surface area contributed by atoms with E-state index in [2.05, 4.69) is 4.90 Å². The van der Waals surface area contributed by atoms with Crippen molar-refractivity contribution in [1.29, 1.82) is 0 Å². The number of hydrogen-bond donors (Lipinski definition) is 0. The lowest BCUT2D eigenvalue weighted by atomic mass is 9.99. The van der Waals surface area contributed by atoms with Gasteiger partial charge in [0.25, 0.3) is 0 Å². The van der Waals surface area contributed by atoms with E-state index in [9.17, 15) is 4.79 Å². The van der Waals surface area contributed by atoms with E-state index >= 15 is 0 Å². The molecule has 4 nitrogen and oxygen atoms in total. The van der Waals surface area contributed by atoms with Gasteiger partial charge in [0.15, 0.2) is 5.78 Å². The topological polar surface area (TPSA) is 38.8 Å². The van der Waals surface area contributed by atoms with Crippen LogP contribution in [0.3, 0.4) is 0 Å². The molecule has 1 saturated heterocycles. The first kappa shape index (κ1) is 12.6. The molecule has 0 saturated carbocycles. The van der Waals surface area contributed by atoms with E-state index in [1.54, 1.807) is 14.2 Å². The van der Waals surface area contributed by atoms with Crippen LogP contribution in [0, 0.1) is 5.92 Å². The number of carbonyl (C=O) groups is 1. The lowest BCUT2D eigenvalue weighted by Crippen LogP contribution is -2.40. The van der Waals surface area contributed by atoms with Crippen molar-refractivity contribution in [3.05, 3.63) is 0 Å². The molecular weight excluding hydrogens is 194 g/mol. The van der Waals surface area contributed by atoms with Crippen LogP contribution in [0.2, 0.25) is 0 Å². The number of rotatable bonds is 6. The monoisotopic (exact) mass is 215 g/mol. The van der Waals surface area contributed by atoms with E-state index in [0.29, 0.717) is 12.5 Å². The number of Topliss-reactive ketones (excluding diaryl/α,β-unsaturated/α-hetero) is 1. The quantitative estimate of drug-likeness (QED) is 0.649. The number of ether oxygens (including phenoxy) is 2. The zero-order valence-electron chi connectivity index (χ0n) is 9.70. The second-order valence-corrected chi connectivity index (χ2v) is 4.17. The van der Waals surface area contributed by atoms with E-state index in [1.807, 2.05) is 0 Å². The van der Waals surface area contributed by atoms with Gasteiger partial charge in [-0.25, -0.2) is 0 Å². The van der Waals surface area contributed by atoms with Gasteiger partial charge in [-0.2, -0.15) is 0 Å². The number of ketones is 1. The summed E-state index contributed by atoms with van der Waals surface area (Å²) in [5, 5.41) is 0. The molecule has 0 bridgehead atoms. The van der Waals surface area contributed by atoms with Crippen molar-refractivity contribution >= 4 is 5.78 Å². The maximum atomic E-state index is 11.4. The standard InChI is InChI=1S/C11H21NO3/c1-14-8-10-4-3-5-12(6-10)7-11(13)9-15-2/h10H,3-9H2,1-2H3. The van der Waals surface area contributed by atoms with Crippen molar-refractivity contribution in [1.82, 2.24) is 4.90 Å². The van der Waals surface area contributed by atoms with Crippen LogP contribution in [0.1, 0.15) is 12.8 Å². The van der Waals surface area contributed by atoms with Crippen LogP contribution in [0.15, 0.2) is 0 Å². The number of methoxy groups -OCH3 is 2. The summed E-state index contributed by atoms with van der Waals surface area (Å²) >= 11 is 0. The molecule has 1 aliphatic rings. The average molecular weight is 215 g/mol. The van der Waals surface area contributed by atoms with E-state index in [-0.39, 0.29) is 12.4 Å². The SMILES string of the molecule is COCC(=O)CN1CCCC(COC)C1. The summed E-state index contributed by atoms with van der Waals surface area (Å²) < 4.78 is 9.96. The summed E-state index contributed by atoms with van der Waals surface area (Å²) in [6.07, 6.45) is 2.37. The van der Waals surface area contributed by atoms with Crippen molar-refractivity contribution in [2.24, 2.45) is 5.92 Å². The number of hydrogen-bond acceptors (Lipinski definition) is 4. The first-order valence-corrected chi connectivity index (χ1v) is 5.48. The number of nitrogens with zero attached hydrogens (tertiary/aromatic N) is 1. The average Bonchev–Trinajstić information content (AvgIpc) is 2.19. The van der Waals surface area contributed by atoms with E-state index in [0.717, 1.165) is 26.1 Å². The van der Waals surface area contributed by atoms with Crippen LogP contribution < -0.4 is 0 Å². The van der Waals surface area contributed by atoms with Gasteiger partial charge in [0.1, 0.15) is 6.61 Å². The predicted molar refractivity (Wildman–Crippen MR) is 57.9 cm³/mol. The fourth-order valence-corrected chi connectivity index (χ4v) is 2.12. The molecule has 0 amide bonds. The van der Waals surface area contributed by atoms with Crippen LogP contribution in [-0.2, 0) is 14.3 Å². The minimum absolute atomic E-state index is 0.163. The van der Waals surface area contributed by atoms with Crippen LogP contribution in [0.4, 0.5) is 0 Å². The smallest absolute Gasteiger partial charge is 0.172 e. The Bertz CT molecular complexity index is 194. The van der Waals surface area contributed by atoms with Crippen LogP contribution in [0.5, 0.6) is 0 Å². The molecule has 0 radical (unpaired) electrons. The highest BCUT2D eigenvalue weighted by molar-refractivity contribution is 5.81. The molecule has 0 spiro atoms. The molecule has 1 atom stereocenters. The summed E-state index contributed by atoms with van der Waals surface area (Å²) in [6.45, 7) is 3.55. The highest BCUT2D eigenvalue weighted by atomic mass is 16.5. The summed E-state index contributed by atoms with van der Waals surface area (Å²) in [7, 11) is 3.29. The van der Waals surface area contributed by atoms with Crippen molar-refractivity contribution in [2.45, 2.75) is 12.8 Å². The second-order valence-electron chi connectivity index (χ2n) is 4.17. The summed E-state index contributed by atoms with van der Waals surface area (Å²) in [5.74, 6) is 0.745. The van der Waals surface area contributed by atoms with Gasteiger partial charge in [-0.05, 0) is 25.3 Å². The maximum absolute atomic E-state index is 11.4.